The maximum atomic E-state index is 9.27. The zero-order valence-electron chi connectivity index (χ0n) is 11.4. The van der Waals surface area contributed by atoms with Gasteiger partial charge in [0.1, 0.15) is 5.82 Å². The summed E-state index contributed by atoms with van der Waals surface area (Å²) in [7, 11) is 0. The first-order valence-electron chi connectivity index (χ1n) is 6.14. The molecule has 0 fully saturated rings. The molecule has 98 valence electrons. The number of aromatic nitrogens is 2. The standard InChI is InChI=1S/C14H21N3O/c1-13(2,3)9-5-6-10-11(7-9)17-12(16-10)14(4,15)8-18/h5-7,18H,8,15H2,1-4H3,(H,16,17)/t14-/m0/s1. The van der Waals surface area contributed by atoms with Crippen LogP contribution in [0.25, 0.3) is 11.0 Å². The summed E-state index contributed by atoms with van der Waals surface area (Å²) in [6.07, 6.45) is 0. The largest absolute Gasteiger partial charge is 0.394 e. The van der Waals surface area contributed by atoms with Crippen LogP contribution in [0.15, 0.2) is 18.2 Å². The lowest BCUT2D eigenvalue weighted by Gasteiger charge is -2.18. The van der Waals surface area contributed by atoms with Crippen LogP contribution in [0.3, 0.4) is 0 Å². The molecule has 0 amide bonds. The molecule has 0 unspecified atom stereocenters. The summed E-state index contributed by atoms with van der Waals surface area (Å²) in [4.78, 5) is 7.64. The summed E-state index contributed by atoms with van der Waals surface area (Å²) in [6.45, 7) is 8.14. The van der Waals surface area contributed by atoms with Crippen molar-refractivity contribution in [1.82, 2.24) is 9.97 Å². The summed E-state index contributed by atoms with van der Waals surface area (Å²) in [6, 6.07) is 6.17. The fraction of sp³-hybridized carbons (Fsp3) is 0.500. The van der Waals surface area contributed by atoms with Gasteiger partial charge < -0.3 is 15.8 Å². The van der Waals surface area contributed by atoms with Crippen molar-refractivity contribution in [3.05, 3.63) is 29.6 Å². The van der Waals surface area contributed by atoms with E-state index in [1.165, 1.54) is 5.56 Å². The molecule has 1 aromatic heterocycles. The summed E-state index contributed by atoms with van der Waals surface area (Å²) >= 11 is 0. The first-order chi connectivity index (χ1) is 8.24. The molecular weight excluding hydrogens is 226 g/mol. The minimum Gasteiger partial charge on any atom is -0.394 e. The van der Waals surface area contributed by atoms with Gasteiger partial charge >= 0.3 is 0 Å². The minimum absolute atomic E-state index is 0.0997. The molecule has 4 nitrogen and oxygen atoms in total. The SMILES string of the molecule is CC(C)(C)c1ccc2nc([C@@](C)(N)CO)[nH]c2c1. The van der Waals surface area contributed by atoms with Crippen LogP contribution in [0, 0.1) is 0 Å². The van der Waals surface area contributed by atoms with Crippen molar-refractivity contribution in [2.24, 2.45) is 5.73 Å². The van der Waals surface area contributed by atoms with E-state index in [9.17, 15) is 5.11 Å². The van der Waals surface area contributed by atoms with Gasteiger partial charge in [-0.1, -0.05) is 26.8 Å². The molecule has 0 spiro atoms. The van der Waals surface area contributed by atoms with Crippen LogP contribution in [-0.4, -0.2) is 21.7 Å². The van der Waals surface area contributed by atoms with Crippen LogP contribution < -0.4 is 5.73 Å². The number of nitrogens with one attached hydrogen (secondary N) is 1. The fourth-order valence-electron chi connectivity index (χ4n) is 1.82. The fourth-order valence-corrected chi connectivity index (χ4v) is 1.82. The van der Waals surface area contributed by atoms with Crippen molar-refractivity contribution in [3.8, 4) is 0 Å². The van der Waals surface area contributed by atoms with Crippen molar-refractivity contribution < 1.29 is 5.11 Å². The van der Waals surface area contributed by atoms with Gasteiger partial charge in [-0.05, 0) is 30.0 Å². The predicted molar refractivity (Wildman–Crippen MR) is 73.4 cm³/mol. The lowest BCUT2D eigenvalue weighted by atomic mass is 9.87. The summed E-state index contributed by atoms with van der Waals surface area (Å²) < 4.78 is 0. The average Bonchev–Trinajstić information content (AvgIpc) is 2.71. The molecule has 0 aliphatic heterocycles. The first kappa shape index (κ1) is 13.1. The predicted octanol–water partition coefficient (Wildman–Crippen LogP) is 2.03. The van der Waals surface area contributed by atoms with Gasteiger partial charge in [-0.2, -0.15) is 0 Å². The Morgan fingerprint density at radius 2 is 1.94 bits per heavy atom. The molecule has 0 saturated carbocycles. The van der Waals surface area contributed by atoms with E-state index in [-0.39, 0.29) is 12.0 Å². The van der Waals surface area contributed by atoms with E-state index in [0.29, 0.717) is 5.82 Å². The third-order valence-electron chi connectivity index (χ3n) is 3.22. The summed E-state index contributed by atoms with van der Waals surface area (Å²) in [5.41, 5.74) is 8.33. The second-order valence-corrected chi connectivity index (χ2v) is 6.14. The monoisotopic (exact) mass is 247 g/mol. The lowest BCUT2D eigenvalue weighted by molar-refractivity contribution is 0.204. The van der Waals surface area contributed by atoms with E-state index in [4.69, 9.17) is 5.73 Å². The molecule has 4 heteroatoms. The molecule has 0 radical (unpaired) electrons. The Balaban J connectivity index is 2.53. The van der Waals surface area contributed by atoms with Gasteiger partial charge in [0.05, 0.1) is 23.2 Å². The number of fused-ring (bicyclic) bond motifs is 1. The number of hydrogen-bond acceptors (Lipinski definition) is 3. The Morgan fingerprint density at radius 1 is 1.28 bits per heavy atom. The molecule has 4 N–H and O–H groups in total. The zero-order chi connectivity index (χ0) is 13.6. The first-order valence-corrected chi connectivity index (χ1v) is 6.14. The minimum atomic E-state index is -0.832. The number of H-pyrrole nitrogens is 1. The molecule has 0 bridgehead atoms. The van der Waals surface area contributed by atoms with Gasteiger partial charge in [-0.15, -0.1) is 0 Å². The van der Waals surface area contributed by atoms with Crippen molar-refractivity contribution >= 4 is 11.0 Å². The topological polar surface area (TPSA) is 74.9 Å². The van der Waals surface area contributed by atoms with Crippen LogP contribution in [0.4, 0.5) is 0 Å². The van der Waals surface area contributed by atoms with Gasteiger partial charge in [0.15, 0.2) is 0 Å². The maximum absolute atomic E-state index is 9.27. The van der Waals surface area contributed by atoms with Crippen LogP contribution in [0.2, 0.25) is 0 Å². The zero-order valence-corrected chi connectivity index (χ0v) is 11.4. The second-order valence-electron chi connectivity index (χ2n) is 6.14. The molecule has 0 saturated heterocycles. The highest BCUT2D eigenvalue weighted by Crippen LogP contribution is 2.26. The van der Waals surface area contributed by atoms with Gasteiger partial charge in [0.2, 0.25) is 0 Å². The number of nitrogens with zero attached hydrogens (tertiary/aromatic N) is 1. The Labute approximate surface area is 107 Å². The van der Waals surface area contributed by atoms with E-state index in [2.05, 4.69) is 42.9 Å². The third-order valence-corrected chi connectivity index (χ3v) is 3.22. The smallest absolute Gasteiger partial charge is 0.129 e. The highest BCUT2D eigenvalue weighted by atomic mass is 16.3. The average molecular weight is 247 g/mol. The summed E-state index contributed by atoms with van der Waals surface area (Å²) in [5, 5.41) is 9.27. The number of nitrogens with two attached hydrogens (primary N) is 1. The molecule has 0 aliphatic carbocycles. The Hall–Kier alpha value is -1.39. The molecule has 1 aromatic carbocycles. The Kier molecular flexibility index (Phi) is 2.95. The number of hydrogen-bond donors (Lipinski definition) is 3. The van der Waals surface area contributed by atoms with Gasteiger partial charge in [0.25, 0.3) is 0 Å². The lowest BCUT2D eigenvalue weighted by Crippen LogP contribution is -2.38. The number of rotatable bonds is 2. The van der Waals surface area contributed by atoms with E-state index >= 15 is 0 Å². The number of benzene rings is 1. The molecule has 2 rings (SSSR count). The van der Waals surface area contributed by atoms with Gasteiger partial charge in [0, 0.05) is 0 Å². The van der Waals surface area contributed by atoms with Crippen LogP contribution in [0.1, 0.15) is 39.1 Å². The number of aliphatic hydroxyl groups is 1. The van der Waals surface area contributed by atoms with E-state index in [1.807, 2.05) is 6.07 Å². The van der Waals surface area contributed by atoms with Crippen molar-refractivity contribution in [3.63, 3.8) is 0 Å². The van der Waals surface area contributed by atoms with Gasteiger partial charge in [-0.3, -0.25) is 0 Å². The molecule has 1 atom stereocenters. The highest BCUT2D eigenvalue weighted by Gasteiger charge is 2.24. The number of imidazole rings is 1. The highest BCUT2D eigenvalue weighted by molar-refractivity contribution is 5.76. The Morgan fingerprint density at radius 3 is 2.50 bits per heavy atom. The number of aromatic amines is 1. The normalized spacial score (nSPS) is 15.9. The van der Waals surface area contributed by atoms with Crippen molar-refractivity contribution in [2.75, 3.05) is 6.61 Å². The molecule has 18 heavy (non-hydrogen) atoms. The number of aliphatic hydroxyl groups excluding tert-OH is 1. The van der Waals surface area contributed by atoms with Crippen LogP contribution in [-0.2, 0) is 11.0 Å². The quantitative estimate of drug-likeness (QED) is 0.760. The van der Waals surface area contributed by atoms with Crippen LogP contribution >= 0.6 is 0 Å². The molecule has 0 aliphatic rings. The summed E-state index contributed by atoms with van der Waals surface area (Å²) in [5.74, 6) is 0.617. The van der Waals surface area contributed by atoms with E-state index < -0.39 is 5.54 Å². The van der Waals surface area contributed by atoms with Crippen molar-refractivity contribution in [1.29, 1.82) is 0 Å². The van der Waals surface area contributed by atoms with Crippen molar-refractivity contribution in [2.45, 2.75) is 38.6 Å². The van der Waals surface area contributed by atoms with E-state index in [0.717, 1.165) is 11.0 Å². The van der Waals surface area contributed by atoms with E-state index in [1.54, 1.807) is 6.92 Å². The van der Waals surface area contributed by atoms with Gasteiger partial charge in [-0.25, -0.2) is 4.98 Å². The Bertz CT molecular complexity index is 564. The second kappa shape index (κ2) is 4.07. The molecule has 2 aromatic rings. The molecule has 1 heterocycles. The molecular formula is C14H21N3O. The third kappa shape index (κ3) is 2.26. The van der Waals surface area contributed by atoms with Crippen LogP contribution in [0.5, 0.6) is 0 Å². The maximum Gasteiger partial charge on any atom is 0.129 e.